The van der Waals surface area contributed by atoms with E-state index < -0.39 is 5.56 Å². The Morgan fingerprint density at radius 1 is 0.479 bits per heavy atom. The first-order valence-electron chi connectivity index (χ1n) is 18.5. The molecule has 0 fully saturated rings. The molecule has 0 aliphatic rings. The maximum Gasteiger partial charge on any atom is 1.00 e. The molecule has 0 spiro atoms. The summed E-state index contributed by atoms with van der Waals surface area (Å²) in [4.78, 5) is 29.3. The molecule has 0 radical (unpaired) electrons. The number of thioether (sulfide) groups is 2. The Bertz CT molecular complexity index is 3550. The van der Waals surface area contributed by atoms with Gasteiger partial charge in [0, 0.05) is 0 Å². The van der Waals surface area contributed by atoms with Gasteiger partial charge in [0.25, 0.3) is 11.1 Å². The maximum absolute atomic E-state index is 10.8. The van der Waals surface area contributed by atoms with Gasteiger partial charge < -0.3 is 50.2 Å². The molecule has 11 rings (SSSR count). The second-order valence-corrected chi connectivity index (χ2v) is 14.6. The maximum atomic E-state index is 10.8. The van der Waals surface area contributed by atoms with Crippen LogP contribution in [-0.2, 0) is 0 Å². The normalized spacial score (nSPS) is 9.67. The van der Waals surface area contributed by atoms with E-state index in [0.29, 0.717) is 70.5 Å². The van der Waals surface area contributed by atoms with Gasteiger partial charge in [-0.2, -0.15) is 97.3 Å². The first kappa shape index (κ1) is 58.2. The molecule has 0 bridgehead atoms. The minimum atomic E-state index is -0.449. The molecular weight excluding hydrogens is 1050 g/mol. The summed E-state index contributed by atoms with van der Waals surface area (Å²) in [5.41, 5.74) is 43.6. The van der Waals surface area contributed by atoms with E-state index in [0.717, 1.165) is 21.4 Å². The van der Waals surface area contributed by atoms with Gasteiger partial charge in [-0.15, -0.1) is 44.2 Å². The average molecular weight is 1090 g/mol. The van der Waals surface area contributed by atoms with E-state index in [-0.39, 0.29) is 52.0 Å². The molecule has 11 aromatic heterocycles. The Kier molecular flexibility index (Phi) is 23.8. The van der Waals surface area contributed by atoms with Gasteiger partial charge in [-0.1, -0.05) is 24.4 Å². The third kappa shape index (κ3) is 17.1. The van der Waals surface area contributed by atoms with Gasteiger partial charge in [0.2, 0.25) is 0 Å². The standard InChI is InChI=1S/C5H5N5S.C5H8N4S.C4H4N6.C4H3N5O.C4H3N5S.C4H6N4O.C4H6N4S.HNO2.Na/c1-11-5-4-3(2-6-9-5)7-10-8-4;1-10-5-4(7)3(6)2-8-9-5;5-4-3-2(1-6-9-4)7-10-8-3;2*10-4-3-2(1-5-8-4)6-9-7-3;2*5-2-1-7-8-4(9)3(2)6;2-1-3;/h2H,1H3,(H,7,8,10);2H,1H3,(H2,6,9)(H2,7,8);1H,(H2,5,9)(H,7,8,10);2*1H,(H,8,10)(H,6,7,9);2*1H,(H2,6,7)(H3,5,8,9);(H,2,3);/q;;;;;;;;+1/p-1. The minimum absolute atomic E-state index is 0. The largest absolute Gasteiger partial charge is 1.00 e. The molecule has 0 atom stereocenters. The molecule has 0 saturated heterocycles. The van der Waals surface area contributed by atoms with Crippen molar-refractivity contribution in [3.8, 4) is 0 Å². The van der Waals surface area contributed by atoms with Crippen LogP contribution >= 0.6 is 48.0 Å². The van der Waals surface area contributed by atoms with Crippen LogP contribution in [0.25, 0.3) is 44.1 Å². The Balaban J connectivity index is 0.000000222. The summed E-state index contributed by atoms with van der Waals surface area (Å²) in [7, 11) is 0. The molecule has 0 saturated carbocycles. The first-order chi connectivity index (χ1) is 34.6. The van der Waals surface area contributed by atoms with Crippen LogP contribution in [0.1, 0.15) is 0 Å². The molecule has 22 N–H and O–H groups in total. The number of hydrogen-bond donors (Lipinski definition) is 15. The number of nitrogens with one attached hydrogen (secondary N) is 8. The molecule has 73 heavy (non-hydrogen) atoms. The Morgan fingerprint density at radius 3 is 1.40 bits per heavy atom. The van der Waals surface area contributed by atoms with E-state index in [1.807, 2.05) is 12.5 Å². The van der Waals surface area contributed by atoms with Gasteiger partial charge >= 0.3 is 29.6 Å². The molecule has 11 aromatic rings. The van der Waals surface area contributed by atoms with Crippen LogP contribution < -0.4 is 80.8 Å². The van der Waals surface area contributed by atoms with Gasteiger partial charge in [0.15, 0.2) is 22.4 Å². The van der Waals surface area contributed by atoms with Crippen molar-refractivity contribution in [2.75, 3.05) is 52.6 Å². The first-order valence-corrected chi connectivity index (χ1v) is 21.8. The fourth-order valence-electron chi connectivity index (χ4n) is 4.30. The fraction of sp³-hybridized carbons (Fsp3) is 0.0667. The molecular formula is C30H35N34NaO4S4. The van der Waals surface area contributed by atoms with Crippen LogP contribution in [0.15, 0.2) is 68.4 Å². The fourth-order valence-corrected chi connectivity index (χ4v) is 5.62. The van der Waals surface area contributed by atoms with Crippen LogP contribution in [0.2, 0.25) is 0 Å². The average Bonchev–Trinajstić information content (AvgIpc) is 4.24. The molecule has 43 heteroatoms. The summed E-state index contributed by atoms with van der Waals surface area (Å²) in [5.74, 6) is 0.297. The predicted molar refractivity (Wildman–Crippen MR) is 268 cm³/mol. The molecule has 0 aliphatic carbocycles. The molecule has 374 valence electrons. The van der Waals surface area contributed by atoms with E-state index >= 15 is 0 Å². The Morgan fingerprint density at radius 2 is 0.890 bits per heavy atom. The van der Waals surface area contributed by atoms with Gasteiger partial charge in [-0.25, -0.2) is 10.2 Å². The number of nitrogens with zero attached hydrogens (tertiary/aromatic N) is 19. The number of aromatic nitrogens is 26. The van der Waals surface area contributed by atoms with Gasteiger partial charge in [0.1, 0.15) is 52.6 Å². The third-order valence-corrected chi connectivity index (χ3v) is 9.62. The number of nitrogens with two attached hydrogens (primary N) is 7. The number of nitrogen functional groups attached to an aromatic ring is 7. The van der Waals surface area contributed by atoms with Gasteiger partial charge in [-0.05, 0) is 12.5 Å². The second-order valence-electron chi connectivity index (χ2n) is 12.1. The number of anilines is 7. The smallest absolute Gasteiger partial charge is 0.444 e. The quantitative estimate of drug-likeness (QED) is 0.0259. The third-order valence-electron chi connectivity index (χ3n) is 7.68. The molecule has 0 amide bonds. The van der Waals surface area contributed by atoms with Gasteiger partial charge in [-0.3, -0.25) is 19.8 Å². The summed E-state index contributed by atoms with van der Waals surface area (Å²) in [6, 6.07) is 0. The van der Waals surface area contributed by atoms with Crippen molar-refractivity contribution in [1.29, 1.82) is 0 Å². The zero-order chi connectivity index (χ0) is 52.6. The zero-order valence-corrected chi connectivity index (χ0v) is 42.6. The predicted octanol–water partition coefficient (Wildman–Crippen LogP) is -3.89. The van der Waals surface area contributed by atoms with E-state index in [4.69, 9.17) is 74.7 Å². The van der Waals surface area contributed by atoms with Crippen LogP contribution in [0.4, 0.5) is 39.9 Å². The van der Waals surface area contributed by atoms with E-state index in [1.54, 1.807) is 12.4 Å². The molecule has 0 aliphatic heterocycles. The Hall–Kier alpha value is -9.10. The number of rotatable bonds is 2. The zero-order valence-electron chi connectivity index (χ0n) is 37.3. The molecule has 11 heterocycles. The van der Waals surface area contributed by atoms with E-state index in [1.165, 1.54) is 54.5 Å². The number of aromatic amines is 8. The molecule has 0 aromatic carbocycles. The second kappa shape index (κ2) is 29.8. The summed E-state index contributed by atoms with van der Waals surface area (Å²) < 4.78 is 0.890. The molecule has 0 unspecified atom stereocenters. The van der Waals surface area contributed by atoms with Crippen molar-refractivity contribution >= 4 is 132 Å². The van der Waals surface area contributed by atoms with Crippen LogP contribution in [0, 0.1) is 19.4 Å². The number of fused-ring (bicyclic) bond motifs is 4. The van der Waals surface area contributed by atoms with Crippen molar-refractivity contribution in [3.63, 3.8) is 0 Å². The SMILES string of the molecule is CSc1nncc(N)c1N.CSc1nncc2n[nH]nc12.Nc1cn[nH]c(=O)c1N.Nc1cn[nH]c(=S)c1N.Nc1nncc2n[nH]nc12.O=N[O-].O=c1[nH]ncc2n[nH]nc12.S=c1[nH]ncc2n[nH]nc12.[Na+]. The summed E-state index contributed by atoms with van der Waals surface area (Å²) in [5, 5.41) is 96.3. The summed E-state index contributed by atoms with van der Waals surface area (Å²) in [6.07, 6.45) is 14.0. The van der Waals surface area contributed by atoms with Crippen molar-refractivity contribution in [3.05, 3.63) is 83.5 Å². The van der Waals surface area contributed by atoms with Crippen molar-refractivity contribution in [1.82, 2.24) is 133 Å². The minimum Gasteiger partial charge on any atom is -0.444 e. The molecule has 38 nitrogen and oxygen atoms in total. The van der Waals surface area contributed by atoms with E-state index in [2.05, 4.69) is 133 Å². The van der Waals surface area contributed by atoms with Crippen molar-refractivity contribution < 1.29 is 29.6 Å². The van der Waals surface area contributed by atoms with Gasteiger partial charge in [0.05, 0.1) is 71.8 Å². The Labute approximate surface area is 443 Å². The summed E-state index contributed by atoms with van der Waals surface area (Å²) in [6.45, 7) is 0. The van der Waals surface area contributed by atoms with Crippen LogP contribution in [0.3, 0.4) is 0 Å². The summed E-state index contributed by atoms with van der Waals surface area (Å²) >= 11 is 12.5. The topological polar surface area (TPSA) is 627 Å². The number of hydrogen-bond acceptors (Lipinski definition) is 34. The van der Waals surface area contributed by atoms with Crippen LogP contribution in [-0.4, -0.2) is 146 Å². The number of H-pyrrole nitrogens is 8. The van der Waals surface area contributed by atoms with Crippen molar-refractivity contribution in [2.24, 2.45) is 5.34 Å². The van der Waals surface area contributed by atoms with Crippen LogP contribution in [0.5, 0.6) is 0 Å². The van der Waals surface area contributed by atoms with Crippen molar-refractivity contribution in [2.45, 2.75) is 10.1 Å². The van der Waals surface area contributed by atoms with E-state index in [9.17, 15) is 9.59 Å². The monoisotopic (exact) mass is 1090 g/mol.